The number of amides is 1. The van der Waals surface area contributed by atoms with Crippen LogP contribution in [0.4, 0.5) is 5.69 Å². The zero-order valence-electron chi connectivity index (χ0n) is 9.80. The molecule has 5 nitrogen and oxygen atoms in total. The molecule has 1 fully saturated rings. The second-order valence-corrected chi connectivity index (χ2v) is 6.52. The summed E-state index contributed by atoms with van der Waals surface area (Å²) in [7, 11) is -3.75. The molecule has 3 rings (SSSR count). The molecule has 2 N–H and O–H groups in total. The molecule has 0 radical (unpaired) electrons. The third-order valence-electron chi connectivity index (χ3n) is 3.65. The molecule has 1 aliphatic carbocycles. The minimum absolute atomic E-state index is 0.0121. The summed E-state index contributed by atoms with van der Waals surface area (Å²) < 4.78 is 25.9. The fourth-order valence-electron chi connectivity index (χ4n) is 2.84. The number of anilines is 1. The van der Waals surface area contributed by atoms with Gasteiger partial charge in [-0.3, -0.25) is 4.79 Å². The monoisotopic (exact) mass is 266 g/mol. The number of sulfonamides is 1. The number of nitrogens with two attached hydrogens (primary N) is 1. The van der Waals surface area contributed by atoms with Gasteiger partial charge in [-0.25, -0.2) is 12.7 Å². The third-order valence-corrected chi connectivity index (χ3v) is 5.60. The average Bonchev–Trinajstić information content (AvgIpc) is 2.86. The molecule has 6 heteroatoms. The molecular formula is C12H14N2O3S. The van der Waals surface area contributed by atoms with Crippen molar-refractivity contribution in [3.63, 3.8) is 0 Å². The first-order valence-corrected chi connectivity index (χ1v) is 7.45. The van der Waals surface area contributed by atoms with Crippen molar-refractivity contribution in [2.75, 3.05) is 5.73 Å². The van der Waals surface area contributed by atoms with Crippen molar-refractivity contribution < 1.29 is 13.2 Å². The number of carbonyl (C=O) groups excluding carboxylic acids is 1. The Morgan fingerprint density at radius 3 is 2.50 bits per heavy atom. The zero-order chi connectivity index (χ0) is 12.9. The van der Waals surface area contributed by atoms with Gasteiger partial charge in [0.05, 0.1) is 11.3 Å². The minimum Gasteiger partial charge on any atom is -0.398 e. The number of nitrogen functional groups attached to an aromatic ring is 1. The molecule has 96 valence electrons. The van der Waals surface area contributed by atoms with E-state index in [9.17, 15) is 13.2 Å². The van der Waals surface area contributed by atoms with Crippen LogP contribution < -0.4 is 5.73 Å². The van der Waals surface area contributed by atoms with Crippen LogP contribution in [0.1, 0.15) is 36.0 Å². The smallest absolute Gasteiger partial charge is 0.269 e. The first kappa shape index (κ1) is 11.5. The first-order valence-electron chi connectivity index (χ1n) is 6.01. The summed E-state index contributed by atoms with van der Waals surface area (Å²) in [5, 5.41) is 0. The van der Waals surface area contributed by atoms with E-state index in [1.165, 1.54) is 12.1 Å². The maximum absolute atomic E-state index is 12.4. The predicted octanol–water partition coefficient (Wildman–Crippen LogP) is 1.36. The minimum atomic E-state index is -3.75. The lowest BCUT2D eigenvalue weighted by atomic mass is 10.1. The van der Waals surface area contributed by atoms with Gasteiger partial charge >= 0.3 is 0 Å². The van der Waals surface area contributed by atoms with Gasteiger partial charge in [-0.05, 0) is 25.0 Å². The number of rotatable bonds is 1. The predicted molar refractivity (Wildman–Crippen MR) is 66.5 cm³/mol. The van der Waals surface area contributed by atoms with E-state index < -0.39 is 15.9 Å². The molecule has 0 bridgehead atoms. The highest BCUT2D eigenvalue weighted by Gasteiger charge is 2.46. The summed E-state index contributed by atoms with van der Waals surface area (Å²) in [6, 6.07) is 4.46. The van der Waals surface area contributed by atoms with Crippen LogP contribution in [0, 0.1) is 0 Å². The molecule has 1 aromatic carbocycles. The molecule has 1 aromatic rings. The topological polar surface area (TPSA) is 80.5 Å². The Morgan fingerprint density at radius 1 is 1.22 bits per heavy atom. The number of benzene rings is 1. The van der Waals surface area contributed by atoms with Gasteiger partial charge in [-0.2, -0.15) is 0 Å². The lowest BCUT2D eigenvalue weighted by Crippen LogP contribution is -2.38. The molecule has 1 amide bonds. The molecule has 1 saturated carbocycles. The van der Waals surface area contributed by atoms with Crippen LogP contribution in [0.3, 0.4) is 0 Å². The molecule has 2 aliphatic rings. The van der Waals surface area contributed by atoms with E-state index in [-0.39, 0.29) is 22.2 Å². The highest BCUT2D eigenvalue weighted by molar-refractivity contribution is 7.90. The van der Waals surface area contributed by atoms with Crippen molar-refractivity contribution in [2.45, 2.75) is 36.6 Å². The van der Waals surface area contributed by atoms with Gasteiger partial charge in [0.2, 0.25) is 0 Å². The Bertz CT molecular complexity index is 618. The van der Waals surface area contributed by atoms with E-state index in [0.717, 1.165) is 30.0 Å². The summed E-state index contributed by atoms with van der Waals surface area (Å²) in [6.45, 7) is 0. The van der Waals surface area contributed by atoms with Crippen LogP contribution >= 0.6 is 0 Å². The quantitative estimate of drug-likeness (QED) is 0.778. The average molecular weight is 266 g/mol. The Balaban J connectivity index is 2.17. The number of nitrogens with zero attached hydrogens (tertiary/aromatic N) is 1. The highest BCUT2D eigenvalue weighted by Crippen LogP contribution is 2.39. The third kappa shape index (κ3) is 1.38. The summed E-state index contributed by atoms with van der Waals surface area (Å²) in [6.07, 6.45) is 3.43. The van der Waals surface area contributed by atoms with E-state index in [2.05, 4.69) is 0 Å². The van der Waals surface area contributed by atoms with Crippen LogP contribution in [-0.4, -0.2) is 24.7 Å². The Hall–Kier alpha value is -1.56. The van der Waals surface area contributed by atoms with Gasteiger partial charge in [0.15, 0.2) is 0 Å². The highest BCUT2D eigenvalue weighted by atomic mass is 32.2. The summed E-state index contributed by atoms with van der Waals surface area (Å²) >= 11 is 0. The summed E-state index contributed by atoms with van der Waals surface area (Å²) in [5.41, 5.74) is 6.08. The van der Waals surface area contributed by atoms with E-state index in [0.29, 0.717) is 0 Å². The van der Waals surface area contributed by atoms with Gasteiger partial charge in [-0.1, -0.05) is 18.9 Å². The normalized spacial score (nSPS) is 22.4. The molecule has 0 unspecified atom stereocenters. The van der Waals surface area contributed by atoms with Crippen LogP contribution in [0.5, 0.6) is 0 Å². The van der Waals surface area contributed by atoms with Crippen molar-refractivity contribution >= 4 is 21.6 Å². The van der Waals surface area contributed by atoms with Gasteiger partial charge in [-0.15, -0.1) is 0 Å². The van der Waals surface area contributed by atoms with Crippen LogP contribution in [0.2, 0.25) is 0 Å². The van der Waals surface area contributed by atoms with Gasteiger partial charge in [0.25, 0.3) is 15.9 Å². The standard InChI is InChI=1S/C12H14N2O3S/c13-10-7-3-6-9-11(10)18(16,17)14(12(9)15)8-4-1-2-5-8/h3,6-8H,1-2,4-5,13H2. The molecule has 0 atom stereocenters. The molecule has 1 aliphatic heterocycles. The van der Waals surface area contributed by atoms with E-state index in [4.69, 9.17) is 5.73 Å². The van der Waals surface area contributed by atoms with Crippen molar-refractivity contribution in [3.8, 4) is 0 Å². The second-order valence-electron chi connectivity index (χ2n) is 4.77. The Kier molecular flexibility index (Phi) is 2.38. The summed E-state index contributed by atoms with van der Waals surface area (Å²) in [5.74, 6) is -0.427. The zero-order valence-corrected chi connectivity index (χ0v) is 10.6. The lowest BCUT2D eigenvalue weighted by Gasteiger charge is -2.22. The van der Waals surface area contributed by atoms with E-state index in [1.54, 1.807) is 6.07 Å². The van der Waals surface area contributed by atoms with Crippen LogP contribution in [0.15, 0.2) is 23.1 Å². The van der Waals surface area contributed by atoms with Crippen molar-refractivity contribution in [2.24, 2.45) is 0 Å². The van der Waals surface area contributed by atoms with Crippen LogP contribution in [-0.2, 0) is 10.0 Å². The van der Waals surface area contributed by atoms with E-state index >= 15 is 0 Å². The Morgan fingerprint density at radius 2 is 1.89 bits per heavy atom. The first-order chi connectivity index (χ1) is 8.53. The van der Waals surface area contributed by atoms with Crippen molar-refractivity contribution in [1.82, 2.24) is 4.31 Å². The molecule has 0 spiro atoms. The fourth-order valence-corrected chi connectivity index (χ4v) is 4.75. The second kappa shape index (κ2) is 3.71. The van der Waals surface area contributed by atoms with E-state index in [1.807, 2.05) is 0 Å². The number of hydrogen-bond acceptors (Lipinski definition) is 4. The summed E-state index contributed by atoms with van der Waals surface area (Å²) in [4.78, 5) is 12.2. The molecule has 18 heavy (non-hydrogen) atoms. The maximum atomic E-state index is 12.4. The SMILES string of the molecule is Nc1cccc2c1S(=O)(=O)N(C1CCCC1)C2=O. The van der Waals surface area contributed by atoms with Gasteiger partial charge < -0.3 is 5.73 Å². The molecule has 0 saturated heterocycles. The van der Waals surface area contributed by atoms with Gasteiger partial charge in [0, 0.05) is 6.04 Å². The van der Waals surface area contributed by atoms with Crippen molar-refractivity contribution in [3.05, 3.63) is 23.8 Å². The number of carbonyl (C=O) groups is 1. The molecular weight excluding hydrogens is 252 g/mol. The largest absolute Gasteiger partial charge is 0.398 e. The molecule has 1 heterocycles. The lowest BCUT2D eigenvalue weighted by molar-refractivity contribution is 0.0834. The molecule has 0 aromatic heterocycles. The Labute approximate surface area is 106 Å². The number of fused-ring (bicyclic) bond motifs is 1. The van der Waals surface area contributed by atoms with Gasteiger partial charge in [0.1, 0.15) is 4.90 Å². The van der Waals surface area contributed by atoms with Crippen molar-refractivity contribution in [1.29, 1.82) is 0 Å². The fraction of sp³-hybridized carbons (Fsp3) is 0.417. The van der Waals surface area contributed by atoms with Crippen LogP contribution in [0.25, 0.3) is 0 Å². The number of hydrogen-bond donors (Lipinski definition) is 1. The maximum Gasteiger partial charge on any atom is 0.269 e.